The maximum Gasteiger partial charge on any atom is 0.317 e. The molecular weight excluding hydrogens is 309 g/mol. The predicted molar refractivity (Wildman–Crippen MR) is 90.6 cm³/mol. The molecule has 0 saturated heterocycles. The van der Waals surface area contributed by atoms with E-state index in [0.717, 1.165) is 0 Å². The second-order valence-electron chi connectivity index (χ2n) is 5.32. The first-order valence-corrected chi connectivity index (χ1v) is 7.97. The van der Waals surface area contributed by atoms with Gasteiger partial charge in [0.1, 0.15) is 5.75 Å². The van der Waals surface area contributed by atoms with Gasteiger partial charge in [0.2, 0.25) is 0 Å². The van der Waals surface area contributed by atoms with E-state index in [1.54, 1.807) is 35.4 Å². The molecule has 0 radical (unpaired) electrons. The van der Waals surface area contributed by atoms with Crippen molar-refractivity contribution in [2.75, 3.05) is 13.1 Å². The first-order valence-electron chi connectivity index (χ1n) is 7.97. The van der Waals surface area contributed by atoms with Gasteiger partial charge < -0.3 is 15.0 Å². The first-order chi connectivity index (χ1) is 11.5. The third-order valence-electron chi connectivity index (χ3n) is 3.71. The van der Waals surface area contributed by atoms with Crippen molar-refractivity contribution >= 4 is 6.03 Å². The molecule has 0 aliphatic carbocycles. The zero-order valence-corrected chi connectivity index (χ0v) is 14.1. The van der Waals surface area contributed by atoms with E-state index in [0.29, 0.717) is 24.4 Å². The van der Waals surface area contributed by atoms with Crippen molar-refractivity contribution < 1.29 is 13.9 Å². The molecule has 0 unspecified atom stereocenters. The Balaban J connectivity index is 2.07. The van der Waals surface area contributed by atoms with Crippen LogP contribution < -0.4 is 10.1 Å². The van der Waals surface area contributed by atoms with Gasteiger partial charge in [-0.05, 0) is 50.6 Å². The monoisotopic (exact) mass is 331 g/mol. The van der Waals surface area contributed by atoms with E-state index in [-0.39, 0.29) is 17.8 Å². The predicted octanol–water partition coefficient (Wildman–Crippen LogP) is 4.13. The number of benzene rings is 1. The Labute approximate surface area is 141 Å². The fourth-order valence-corrected chi connectivity index (χ4v) is 2.27. The van der Waals surface area contributed by atoms with Gasteiger partial charge in [0.15, 0.2) is 11.6 Å². The number of amides is 2. The van der Waals surface area contributed by atoms with E-state index < -0.39 is 5.82 Å². The summed E-state index contributed by atoms with van der Waals surface area (Å²) in [6, 6.07) is 7.61. The lowest BCUT2D eigenvalue weighted by atomic mass is 10.1. The molecule has 1 atom stereocenters. The third-order valence-corrected chi connectivity index (χ3v) is 3.71. The Bertz CT molecular complexity index is 675. The van der Waals surface area contributed by atoms with E-state index in [1.165, 1.54) is 12.3 Å². The van der Waals surface area contributed by atoms with Crippen molar-refractivity contribution in [3.63, 3.8) is 0 Å². The van der Waals surface area contributed by atoms with Crippen LogP contribution in [0.2, 0.25) is 0 Å². The SMILES string of the molecule is CCN(CC)C(=O)N[C@@H](C)c1ccc(Oc2cccnc2)c(F)c1. The number of aromatic nitrogens is 1. The van der Waals surface area contributed by atoms with E-state index in [2.05, 4.69) is 10.3 Å². The summed E-state index contributed by atoms with van der Waals surface area (Å²) in [5.74, 6) is 0.0985. The van der Waals surface area contributed by atoms with Gasteiger partial charge in [-0.15, -0.1) is 0 Å². The van der Waals surface area contributed by atoms with Crippen LogP contribution in [0.15, 0.2) is 42.7 Å². The number of hydrogen-bond acceptors (Lipinski definition) is 3. The van der Waals surface area contributed by atoms with Crippen LogP contribution in [0.25, 0.3) is 0 Å². The van der Waals surface area contributed by atoms with Gasteiger partial charge in [0.25, 0.3) is 0 Å². The van der Waals surface area contributed by atoms with Crippen molar-refractivity contribution in [3.05, 3.63) is 54.1 Å². The number of ether oxygens (including phenoxy) is 1. The number of pyridine rings is 1. The Morgan fingerprint density at radius 3 is 2.67 bits per heavy atom. The molecule has 0 saturated carbocycles. The molecule has 0 bridgehead atoms. The Hall–Kier alpha value is -2.63. The number of halogens is 1. The summed E-state index contributed by atoms with van der Waals surface area (Å²) in [5, 5.41) is 2.86. The average molecular weight is 331 g/mol. The quantitative estimate of drug-likeness (QED) is 0.866. The topological polar surface area (TPSA) is 54.5 Å². The van der Waals surface area contributed by atoms with Gasteiger partial charge in [-0.1, -0.05) is 6.07 Å². The van der Waals surface area contributed by atoms with Crippen LogP contribution in [-0.4, -0.2) is 29.0 Å². The van der Waals surface area contributed by atoms with Gasteiger partial charge in [0, 0.05) is 19.3 Å². The van der Waals surface area contributed by atoms with Crippen LogP contribution in [0.5, 0.6) is 11.5 Å². The lowest BCUT2D eigenvalue weighted by molar-refractivity contribution is 0.200. The molecule has 0 aliphatic heterocycles. The minimum atomic E-state index is -0.486. The van der Waals surface area contributed by atoms with Crippen molar-refractivity contribution in [1.82, 2.24) is 15.2 Å². The number of urea groups is 1. The molecule has 2 aromatic rings. The molecule has 2 amide bonds. The maximum atomic E-state index is 14.3. The molecule has 24 heavy (non-hydrogen) atoms. The highest BCUT2D eigenvalue weighted by molar-refractivity contribution is 5.74. The molecule has 5 nitrogen and oxygen atoms in total. The summed E-state index contributed by atoms with van der Waals surface area (Å²) < 4.78 is 19.7. The second kappa shape index (κ2) is 8.29. The Kier molecular flexibility index (Phi) is 6.12. The largest absolute Gasteiger partial charge is 0.453 e. The maximum absolute atomic E-state index is 14.3. The van der Waals surface area contributed by atoms with Crippen LogP contribution >= 0.6 is 0 Å². The fourth-order valence-electron chi connectivity index (χ4n) is 2.27. The molecule has 6 heteroatoms. The normalized spacial score (nSPS) is 11.7. The summed E-state index contributed by atoms with van der Waals surface area (Å²) in [6.07, 6.45) is 3.13. The van der Waals surface area contributed by atoms with Gasteiger partial charge in [-0.2, -0.15) is 0 Å². The minimum Gasteiger partial charge on any atom is -0.453 e. The van der Waals surface area contributed by atoms with Gasteiger partial charge in [-0.25, -0.2) is 9.18 Å². The average Bonchev–Trinajstić information content (AvgIpc) is 2.58. The molecule has 1 aromatic heterocycles. The van der Waals surface area contributed by atoms with E-state index in [1.807, 2.05) is 20.8 Å². The number of nitrogens with one attached hydrogen (secondary N) is 1. The molecule has 0 fully saturated rings. The number of nitrogens with zero attached hydrogens (tertiary/aromatic N) is 2. The van der Waals surface area contributed by atoms with Crippen LogP contribution in [-0.2, 0) is 0 Å². The van der Waals surface area contributed by atoms with Crippen molar-refractivity contribution in [3.8, 4) is 11.5 Å². The molecule has 0 spiro atoms. The zero-order valence-electron chi connectivity index (χ0n) is 14.1. The number of hydrogen-bond donors (Lipinski definition) is 1. The fraction of sp³-hybridized carbons (Fsp3) is 0.333. The second-order valence-corrected chi connectivity index (χ2v) is 5.32. The smallest absolute Gasteiger partial charge is 0.317 e. The summed E-state index contributed by atoms with van der Waals surface area (Å²) in [7, 11) is 0. The molecule has 1 aromatic carbocycles. The Morgan fingerprint density at radius 2 is 2.08 bits per heavy atom. The first kappa shape index (κ1) is 17.7. The highest BCUT2D eigenvalue weighted by Crippen LogP contribution is 2.26. The van der Waals surface area contributed by atoms with Crippen LogP contribution in [0.4, 0.5) is 9.18 Å². The zero-order chi connectivity index (χ0) is 17.5. The molecule has 128 valence electrons. The number of carbonyl (C=O) groups excluding carboxylic acids is 1. The van der Waals surface area contributed by atoms with Crippen LogP contribution in [0.1, 0.15) is 32.4 Å². The van der Waals surface area contributed by atoms with Crippen molar-refractivity contribution in [2.24, 2.45) is 0 Å². The van der Waals surface area contributed by atoms with E-state index >= 15 is 0 Å². The number of rotatable bonds is 6. The van der Waals surface area contributed by atoms with E-state index in [4.69, 9.17) is 4.74 Å². The lowest BCUT2D eigenvalue weighted by Crippen LogP contribution is -2.40. The Morgan fingerprint density at radius 1 is 1.33 bits per heavy atom. The summed E-state index contributed by atoms with van der Waals surface area (Å²) >= 11 is 0. The third kappa shape index (κ3) is 4.44. The highest BCUT2D eigenvalue weighted by Gasteiger charge is 2.15. The minimum absolute atomic E-state index is 0.119. The highest BCUT2D eigenvalue weighted by atomic mass is 19.1. The molecule has 0 aliphatic rings. The lowest BCUT2D eigenvalue weighted by Gasteiger charge is -2.23. The molecule has 1 N–H and O–H groups in total. The molecular formula is C18H22FN3O2. The van der Waals surface area contributed by atoms with E-state index in [9.17, 15) is 9.18 Å². The summed E-state index contributed by atoms with van der Waals surface area (Å²) in [4.78, 5) is 17.7. The van der Waals surface area contributed by atoms with Crippen molar-refractivity contribution in [1.29, 1.82) is 0 Å². The molecule has 2 rings (SSSR count). The van der Waals surface area contributed by atoms with Gasteiger partial charge in [-0.3, -0.25) is 4.98 Å². The standard InChI is InChI=1S/C18H22FN3O2/c1-4-22(5-2)18(23)21-13(3)14-8-9-17(16(19)11-14)24-15-7-6-10-20-12-15/h6-13H,4-5H2,1-3H3,(H,21,23)/t13-/m0/s1. The van der Waals surface area contributed by atoms with Crippen molar-refractivity contribution in [2.45, 2.75) is 26.8 Å². The number of carbonyl (C=O) groups is 1. The molecule has 1 heterocycles. The summed E-state index contributed by atoms with van der Waals surface area (Å²) in [6.45, 7) is 6.90. The van der Waals surface area contributed by atoms with Gasteiger partial charge in [0.05, 0.1) is 12.2 Å². The van der Waals surface area contributed by atoms with Crippen LogP contribution in [0, 0.1) is 5.82 Å². The summed E-state index contributed by atoms with van der Waals surface area (Å²) in [5.41, 5.74) is 0.673. The van der Waals surface area contributed by atoms with Crippen LogP contribution in [0.3, 0.4) is 0 Å². The van der Waals surface area contributed by atoms with Gasteiger partial charge >= 0.3 is 6.03 Å².